The van der Waals surface area contributed by atoms with Crippen LogP contribution in [0.2, 0.25) is 0 Å². The van der Waals surface area contributed by atoms with Gasteiger partial charge >= 0.3 is 0 Å². The van der Waals surface area contributed by atoms with E-state index in [0.717, 1.165) is 0 Å². The summed E-state index contributed by atoms with van der Waals surface area (Å²) in [5.41, 5.74) is 13.8. The minimum absolute atomic E-state index is 0.288. The average molecular weight is 483 g/mol. The molecule has 0 saturated heterocycles. The van der Waals surface area contributed by atoms with Crippen molar-refractivity contribution in [3.8, 4) is 0 Å². The highest BCUT2D eigenvalue weighted by atomic mass is 16.2. The Morgan fingerprint density at radius 1 is 0.771 bits per heavy atom. The standard InChI is InChI=1S/C22H30N10O3/c1-25-22(24)27-6-5-26-19(33)17-8-14(11-31(17)3)29-21(35)18-9-15(12-32(18)4)28-20(34)16-7-13(23)10-30(16)2/h7-12H,5-6,23H2,1-4H3,(H,26,33)(H,28,34)(H,29,35)(H3,24,25,27). The predicted molar refractivity (Wildman–Crippen MR) is 134 cm³/mol. The van der Waals surface area contributed by atoms with Crippen molar-refractivity contribution >= 4 is 40.7 Å². The quantitative estimate of drug-likeness (QED) is 0.150. The van der Waals surface area contributed by atoms with Crippen LogP contribution < -0.4 is 32.7 Å². The van der Waals surface area contributed by atoms with E-state index in [2.05, 4.69) is 26.3 Å². The molecule has 0 aliphatic heterocycles. The summed E-state index contributed by atoms with van der Waals surface area (Å²) in [6.45, 7) is 0.766. The van der Waals surface area contributed by atoms with Gasteiger partial charge in [0.15, 0.2) is 5.96 Å². The first-order valence-corrected chi connectivity index (χ1v) is 10.7. The average Bonchev–Trinajstić information content (AvgIpc) is 3.46. The zero-order valence-electron chi connectivity index (χ0n) is 20.0. The van der Waals surface area contributed by atoms with E-state index in [9.17, 15) is 14.4 Å². The fourth-order valence-electron chi connectivity index (χ4n) is 3.46. The topological polar surface area (TPSA) is 179 Å². The number of anilines is 3. The summed E-state index contributed by atoms with van der Waals surface area (Å²) in [6.07, 6.45) is 4.91. The lowest BCUT2D eigenvalue weighted by atomic mass is 10.3. The number of nitrogens with two attached hydrogens (primary N) is 2. The first kappa shape index (κ1) is 25.0. The lowest BCUT2D eigenvalue weighted by Crippen LogP contribution is -2.38. The number of nitrogen functional groups attached to an aromatic ring is 1. The highest BCUT2D eigenvalue weighted by molar-refractivity contribution is 6.07. The van der Waals surface area contributed by atoms with Crippen LogP contribution in [0.4, 0.5) is 17.1 Å². The molecular formula is C22H30N10O3. The number of aliphatic imine (C=N–C) groups is 1. The molecular weight excluding hydrogens is 452 g/mol. The van der Waals surface area contributed by atoms with Crippen LogP contribution in [0, 0.1) is 0 Å². The Bertz CT molecular complexity index is 1280. The van der Waals surface area contributed by atoms with Crippen LogP contribution in [-0.4, -0.2) is 57.5 Å². The Balaban J connectivity index is 1.62. The largest absolute Gasteiger partial charge is 0.397 e. The molecule has 0 aliphatic carbocycles. The second kappa shape index (κ2) is 10.5. The molecule has 3 rings (SSSR count). The summed E-state index contributed by atoms with van der Waals surface area (Å²) in [5.74, 6) is -0.754. The maximum absolute atomic E-state index is 12.8. The van der Waals surface area contributed by atoms with Crippen molar-refractivity contribution in [1.82, 2.24) is 24.3 Å². The van der Waals surface area contributed by atoms with Crippen LogP contribution in [0.15, 0.2) is 41.8 Å². The molecule has 0 unspecified atom stereocenters. The molecule has 3 heterocycles. The summed E-state index contributed by atoms with van der Waals surface area (Å²) in [5, 5.41) is 11.2. The highest BCUT2D eigenvalue weighted by Crippen LogP contribution is 2.19. The number of rotatable bonds is 8. The number of amides is 3. The summed E-state index contributed by atoms with van der Waals surface area (Å²) in [4.78, 5) is 41.6. The molecule has 13 heteroatoms. The molecule has 3 amide bonds. The molecule has 8 N–H and O–H groups in total. The molecule has 0 atom stereocenters. The van der Waals surface area contributed by atoms with E-state index in [1.54, 1.807) is 78.7 Å². The Kier molecular flexibility index (Phi) is 7.49. The molecule has 0 fully saturated rings. The first-order chi connectivity index (χ1) is 16.6. The van der Waals surface area contributed by atoms with Gasteiger partial charge in [-0.3, -0.25) is 19.4 Å². The first-order valence-electron chi connectivity index (χ1n) is 10.7. The molecule has 0 aromatic carbocycles. The zero-order chi connectivity index (χ0) is 25.7. The minimum Gasteiger partial charge on any atom is -0.397 e. The second-order valence-corrected chi connectivity index (χ2v) is 7.92. The molecule has 186 valence electrons. The van der Waals surface area contributed by atoms with Crippen molar-refractivity contribution in [3.63, 3.8) is 0 Å². The van der Waals surface area contributed by atoms with E-state index in [0.29, 0.717) is 47.2 Å². The van der Waals surface area contributed by atoms with E-state index in [-0.39, 0.29) is 17.8 Å². The van der Waals surface area contributed by atoms with Crippen molar-refractivity contribution in [3.05, 3.63) is 53.9 Å². The molecule has 35 heavy (non-hydrogen) atoms. The van der Waals surface area contributed by atoms with Gasteiger partial charge in [-0.05, 0) is 18.2 Å². The number of carbonyl (C=O) groups excluding carboxylic acids is 3. The molecule has 3 aromatic heterocycles. The Hall–Kier alpha value is -4.68. The van der Waals surface area contributed by atoms with Crippen LogP contribution in [0.5, 0.6) is 0 Å². The summed E-state index contributed by atoms with van der Waals surface area (Å²) in [7, 11) is 6.68. The van der Waals surface area contributed by atoms with Gasteiger partial charge in [-0.2, -0.15) is 0 Å². The molecule has 0 saturated carbocycles. The van der Waals surface area contributed by atoms with Gasteiger partial charge in [0, 0.05) is 59.9 Å². The molecule has 3 aromatic rings. The number of aryl methyl sites for hydroxylation is 3. The molecule has 0 spiro atoms. The monoisotopic (exact) mass is 482 g/mol. The van der Waals surface area contributed by atoms with E-state index in [4.69, 9.17) is 11.5 Å². The number of nitrogens with one attached hydrogen (secondary N) is 4. The molecule has 0 radical (unpaired) electrons. The normalized spacial score (nSPS) is 11.3. The van der Waals surface area contributed by atoms with Crippen molar-refractivity contribution < 1.29 is 14.4 Å². The summed E-state index contributed by atoms with van der Waals surface area (Å²) in [6, 6.07) is 4.71. The maximum Gasteiger partial charge on any atom is 0.272 e. The van der Waals surface area contributed by atoms with Gasteiger partial charge < -0.3 is 46.4 Å². The fraction of sp³-hybridized carbons (Fsp3) is 0.273. The SMILES string of the molecule is CN=C(N)NCCNC(=O)c1cc(NC(=O)c2cc(NC(=O)c3cc(N)cn3C)cn2C)cn1C. The number of guanidine groups is 1. The van der Waals surface area contributed by atoms with Gasteiger partial charge in [0.25, 0.3) is 17.7 Å². The smallest absolute Gasteiger partial charge is 0.272 e. The number of aromatic nitrogens is 3. The van der Waals surface area contributed by atoms with Crippen LogP contribution >= 0.6 is 0 Å². The van der Waals surface area contributed by atoms with Crippen LogP contribution in [0.25, 0.3) is 0 Å². The molecule has 0 aliphatic rings. The van der Waals surface area contributed by atoms with Crippen LogP contribution in [0.1, 0.15) is 31.5 Å². The lowest BCUT2D eigenvalue weighted by Gasteiger charge is -2.07. The zero-order valence-corrected chi connectivity index (χ0v) is 20.0. The third kappa shape index (κ3) is 6.01. The molecule has 13 nitrogen and oxygen atoms in total. The van der Waals surface area contributed by atoms with E-state index in [1.165, 1.54) is 0 Å². The number of carbonyl (C=O) groups is 3. The Morgan fingerprint density at radius 3 is 1.71 bits per heavy atom. The van der Waals surface area contributed by atoms with Gasteiger partial charge in [0.2, 0.25) is 0 Å². The van der Waals surface area contributed by atoms with Gasteiger partial charge in [0.05, 0.1) is 17.1 Å². The molecule has 0 bridgehead atoms. The summed E-state index contributed by atoms with van der Waals surface area (Å²) < 4.78 is 4.83. The van der Waals surface area contributed by atoms with Gasteiger partial charge in [-0.1, -0.05) is 0 Å². The van der Waals surface area contributed by atoms with Crippen LogP contribution in [-0.2, 0) is 21.1 Å². The van der Waals surface area contributed by atoms with Crippen molar-refractivity contribution in [2.24, 2.45) is 31.9 Å². The van der Waals surface area contributed by atoms with E-state index in [1.807, 2.05) is 0 Å². The van der Waals surface area contributed by atoms with Gasteiger partial charge in [-0.15, -0.1) is 0 Å². The second-order valence-electron chi connectivity index (χ2n) is 7.92. The number of hydrogen-bond donors (Lipinski definition) is 6. The Labute approximate surface area is 202 Å². The third-order valence-corrected chi connectivity index (χ3v) is 5.21. The highest BCUT2D eigenvalue weighted by Gasteiger charge is 2.18. The van der Waals surface area contributed by atoms with Crippen LogP contribution in [0.3, 0.4) is 0 Å². The Morgan fingerprint density at radius 2 is 1.23 bits per heavy atom. The number of hydrogen-bond acceptors (Lipinski definition) is 5. The van der Waals surface area contributed by atoms with Crippen molar-refractivity contribution in [1.29, 1.82) is 0 Å². The van der Waals surface area contributed by atoms with Gasteiger partial charge in [-0.25, -0.2) is 0 Å². The predicted octanol–water partition coefficient (Wildman–Crippen LogP) is 0.0528. The van der Waals surface area contributed by atoms with E-state index < -0.39 is 5.91 Å². The van der Waals surface area contributed by atoms with Crippen molar-refractivity contribution in [2.45, 2.75) is 0 Å². The number of nitrogens with zero attached hydrogens (tertiary/aromatic N) is 4. The minimum atomic E-state index is -0.396. The summed E-state index contributed by atoms with van der Waals surface area (Å²) >= 11 is 0. The third-order valence-electron chi connectivity index (χ3n) is 5.21. The van der Waals surface area contributed by atoms with E-state index >= 15 is 0 Å². The fourth-order valence-corrected chi connectivity index (χ4v) is 3.46. The van der Waals surface area contributed by atoms with Crippen molar-refractivity contribution in [2.75, 3.05) is 36.5 Å². The lowest BCUT2D eigenvalue weighted by molar-refractivity contribution is 0.0944. The maximum atomic E-state index is 12.8. The van der Waals surface area contributed by atoms with Gasteiger partial charge in [0.1, 0.15) is 17.1 Å².